The van der Waals surface area contributed by atoms with Gasteiger partial charge in [0.1, 0.15) is 0 Å². The number of hydrazine groups is 1. The number of hydrogen-bond acceptors (Lipinski definition) is 6. The second kappa shape index (κ2) is 6.23. The van der Waals surface area contributed by atoms with Gasteiger partial charge in [0.15, 0.2) is 0 Å². The van der Waals surface area contributed by atoms with Crippen molar-refractivity contribution in [2.24, 2.45) is 0 Å². The second-order valence-corrected chi connectivity index (χ2v) is 4.85. The predicted octanol–water partition coefficient (Wildman–Crippen LogP) is -0.493. The van der Waals surface area contributed by atoms with Gasteiger partial charge in [0, 0.05) is 17.7 Å². The molecule has 0 aromatic heterocycles. The normalized spacial score (nSPS) is 10.4. The van der Waals surface area contributed by atoms with Gasteiger partial charge in [-0.05, 0) is 24.4 Å². The van der Waals surface area contributed by atoms with Crippen molar-refractivity contribution in [2.45, 2.75) is 0 Å². The third kappa shape index (κ3) is 5.13. The van der Waals surface area contributed by atoms with E-state index in [2.05, 4.69) is 12.2 Å². The average molecular weight is 320 g/mol. The fourth-order valence-corrected chi connectivity index (χ4v) is 1.72. The highest BCUT2D eigenvalue weighted by molar-refractivity contribution is 7.87. The summed E-state index contributed by atoms with van der Waals surface area (Å²) in [7, 11) is -4.53. The number of rotatable bonds is 3. The molecule has 0 atom stereocenters. The maximum absolute atomic E-state index is 11.6. The number of non-ortho nitro benzene ring substituents is 1. The molecule has 1 aromatic carbocycles. The van der Waals surface area contributed by atoms with Crippen LogP contribution in [-0.4, -0.2) is 28.9 Å². The lowest BCUT2D eigenvalue weighted by Gasteiger charge is -2.09. The topological polar surface area (TPSA) is 151 Å². The maximum Gasteiger partial charge on any atom is 0.359 e. The first-order valence-corrected chi connectivity index (χ1v) is 6.64. The molecular formula is C8H8N4O6S2. The van der Waals surface area contributed by atoms with Crippen LogP contribution in [0.1, 0.15) is 10.4 Å². The van der Waals surface area contributed by atoms with Crippen LogP contribution in [0.4, 0.5) is 5.69 Å². The lowest BCUT2D eigenvalue weighted by molar-refractivity contribution is -0.384. The van der Waals surface area contributed by atoms with Crippen LogP contribution >= 0.6 is 12.2 Å². The van der Waals surface area contributed by atoms with Crippen LogP contribution in [0.5, 0.6) is 0 Å². The molecule has 1 rings (SSSR count). The highest BCUT2D eigenvalue weighted by Crippen LogP contribution is 2.11. The molecule has 0 spiro atoms. The minimum absolute atomic E-state index is 0.0813. The lowest BCUT2D eigenvalue weighted by Crippen LogP contribution is -2.48. The van der Waals surface area contributed by atoms with Crippen molar-refractivity contribution >= 4 is 39.2 Å². The fraction of sp³-hybridized carbons (Fsp3) is 0. The van der Waals surface area contributed by atoms with Gasteiger partial charge in [-0.2, -0.15) is 8.42 Å². The van der Waals surface area contributed by atoms with Gasteiger partial charge in [0.25, 0.3) is 11.6 Å². The smallest absolute Gasteiger partial charge is 0.273 e. The molecule has 0 saturated heterocycles. The maximum atomic E-state index is 11.6. The van der Waals surface area contributed by atoms with Gasteiger partial charge >= 0.3 is 10.3 Å². The summed E-state index contributed by atoms with van der Waals surface area (Å²) in [5.41, 5.74) is 3.95. The predicted molar refractivity (Wildman–Crippen MR) is 71.0 cm³/mol. The third-order valence-electron chi connectivity index (χ3n) is 1.85. The molecule has 4 N–H and O–H groups in total. The number of nitrogens with one attached hydrogen (secondary N) is 3. The summed E-state index contributed by atoms with van der Waals surface area (Å²) in [6.07, 6.45) is 0. The van der Waals surface area contributed by atoms with Crippen LogP contribution in [0.25, 0.3) is 0 Å². The molecule has 1 aromatic rings. The van der Waals surface area contributed by atoms with Gasteiger partial charge in [-0.25, -0.2) is 4.72 Å². The number of nitro groups is 1. The molecule has 0 heterocycles. The molecule has 20 heavy (non-hydrogen) atoms. The zero-order chi connectivity index (χ0) is 15.3. The Morgan fingerprint density at radius 2 is 1.80 bits per heavy atom. The Morgan fingerprint density at radius 1 is 1.25 bits per heavy atom. The molecule has 0 saturated carbocycles. The Labute approximate surface area is 118 Å². The van der Waals surface area contributed by atoms with Gasteiger partial charge in [0.05, 0.1) is 4.92 Å². The summed E-state index contributed by atoms with van der Waals surface area (Å²) in [5, 5.41) is 9.86. The molecule has 10 nitrogen and oxygen atoms in total. The molecule has 1 amide bonds. The number of nitrogens with zero attached hydrogens (tertiary/aromatic N) is 1. The second-order valence-electron chi connectivity index (χ2n) is 3.29. The van der Waals surface area contributed by atoms with Crippen LogP contribution in [0.15, 0.2) is 24.3 Å². The molecule has 0 fully saturated rings. The van der Waals surface area contributed by atoms with Gasteiger partial charge < -0.3 is 0 Å². The van der Waals surface area contributed by atoms with E-state index < -0.39 is 26.2 Å². The van der Waals surface area contributed by atoms with Crippen LogP contribution < -0.4 is 15.6 Å². The molecule has 0 aliphatic carbocycles. The molecular weight excluding hydrogens is 312 g/mol. The minimum atomic E-state index is -4.53. The van der Waals surface area contributed by atoms with E-state index in [0.717, 1.165) is 12.1 Å². The van der Waals surface area contributed by atoms with Crippen molar-refractivity contribution in [2.75, 3.05) is 0 Å². The Hall–Kier alpha value is -2.31. The van der Waals surface area contributed by atoms with Crippen molar-refractivity contribution in [3.8, 4) is 0 Å². The number of carbonyl (C=O) groups is 1. The van der Waals surface area contributed by atoms with E-state index >= 15 is 0 Å². The molecule has 0 radical (unpaired) electrons. The van der Waals surface area contributed by atoms with Crippen molar-refractivity contribution in [3.05, 3.63) is 39.9 Å². The molecule has 12 heteroatoms. The number of carbonyl (C=O) groups excluding carboxylic acids is 1. The zero-order valence-corrected chi connectivity index (χ0v) is 11.2. The van der Waals surface area contributed by atoms with Crippen molar-refractivity contribution in [1.82, 2.24) is 15.6 Å². The molecule has 108 valence electrons. The van der Waals surface area contributed by atoms with Crippen molar-refractivity contribution in [3.63, 3.8) is 0 Å². The number of benzene rings is 1. The summed E-state index contributed by atoms with van der Waals surface area (Å²) in [4.78, 5) is 21.3. The largest absolute Gasteiger partial charge is 0.359 e. The summed E-state index contributed by atoms with van der Waals surface area (Å²) in [5.74, 6) is -0.709. The Balaban J connectivity index is 2.59. The first-order chi connectivity index (χ1) is 9.19. The van der Waals surface area contributed by atoms with Gasteiger partial charge in [0.2, 0.25) is 5.11 Å². The highest BCUT2D eigenvalue weighted by Gasteiger charge is 2.11. The van der Waals surface area contributed by atoms with E-state index in [0.29, 0.717) is 0 Å². The number of thiocarbonyl (C=S) groups is 1. The standard InChI is InChI=1S/C8H8N4O6S2/c13-7(9-10-8(19)11-20(16,17)18)5-1-3-6(4-2-5)12(14)15/h1-4H,(H,9,13)(H2,10,11,19)(H,16,17,18). The summed E-state index contributed by atoms with van der Waals surface area (Å²) in [6.45, 7) is 0. The first-order valence-electron chi connectivity index (χ1n) is 4.79. The fourth-order valence-electron chi connectivity index (χ4n) is 1.06. The summed E-state index contributed by atoms with van der Waals surface area (Å²) in [6, 6.07) is 4.66. The number of nitro benzene ring substituents is 1. The Bertz CT molecular complexity index is 641. The minimum Gasteiger partial charge on any atom is -0.273 e. The highest BCUT2D eigenvalue weighted by atomic mass is 32.2. The lowest BCUT2D eigenvalue weighted by atomic mass is 10.2. The monoisotopic (exact) mass is 320 g/mol. The van der Waals surface area contributed by atoms with Gasteiger partial charge in [-0.15, -0.1) is 0 Å². The van der Waals surface area contributed by atoms with Gasteiger partial charge in [-0.3, -0.25) is 30.3 Å². The SMILES string of the molecule is O=C(NNC(=S)NS(=O)(=O)O)c1ccc([N+](=O)[O-])cc1. The van der Waals surface area contributed by atoms with Crippen LogP contribution in [-0.2, 0) is 10.3 Å². The van der Waals surface area contributed by atoms with Crippen LogP contribution in [0, 0.1) is 10.1 Å². The van der Waals surface area contributed by atoms with Crippen LogP contribution in [0.2, 0.25) is 0 Å². The van der Waals surface area contributed by atoms with E-state index in [1.807, 2.05) is 10.9 Å². The average Bonchev–Trinajstić information content (AvgIpc) is 2.34. The van der Waals surface area contributed by atoms with E-state index in [1.54, 1.807) is 0 Å². The molecule has 0 aliphatic rings. The molecule has 0 unspecified atom stereocenters. The van der Waals surface area contributed by atoms with Gasteiger partial charge in [-0.1, -0.05) is 0 Å². The Kier molecular flexibility index (Phi) is 4.90. The summed E-state index contributed by atoms with van der Waals surface area (Å²) >= 11 is 4.46. The van der Waals surface area contributed by atoms with Crippen molar-refractivity contribution in [1.29, 1.82) is 0 Å². The first kappa shape index (κ1) is 15.7. The van der Waals surface area contributed by atoms with E-state index in [1.165, 1.54) is 16.9 Å². The number of amides is 1. The van der Waals surface area contributed by atoms with Crippen molar-refractivity contribution < 1.29 is 22.7 Å². The Morgan fingerprint density at radius 3 is 2.25 bits per heavy atom. The third-order valence-corrected chi connectivity index (χ3v) is 2.65. The van der Waals surface area contributed by atoms with E-state index in [-0.39, 0.29) is 11.3 Å². The zero-order valence-electron chi connectivity index (χ0n) is 9.56. The summed E-state index contributed by atoms with van der Waals surface area (Å²) < 4.78 is 30.7. The number of hydrogen-bond donors (Lipinski definition) is 4. The van der Waals surface area contributed by atoms with E-state index in [4.69, 9.17) is 4.55 Å². The van der Waals surface area contributed by atoms with E-state index in [9.17, 15) is 23.3 Å². The quantitative estimate of drug-likeness (QED) is 0.252. The molecule has 0 bridgehead atoms. The van der Waals surface area contributed by atoms with Crippen LogP contribution in [0.3, 0.4) is 0 Å². The molecule has 0 aliphatic heterocycles.